The minimum Gasteiger partial charge on any atom is -0.337 e. The third-order valence-electron chi connectivity index (χ3n) is 0.222. The Hall–Kier alpha value is 1.10. The second-order valence-corrected chi connectivity index (χ2v) is 6.77. The van der Waals surface area contributed by atoms with E-state index < -0.39 is 7.05 Å². The maximum atomic E-state index is 4.82. The first-order chi connectivity index (χ1) is 3.27. The van der Waals surface area contributed by atoms with Crippen LogP contribution in [0.3, 0.4) is 0 Å². The second kappa shape index (κ2) is 5.24. The molecule has 0 saturated heterocycles. The van der Waals surface area contributed by atoms with Crippen LogP contribution in [0.2, 0.25) is 0 Å². The van der Waals surface area contributed by atoms with Crippen molar-refractivity contribution in [3.63, 3.8) is 0 Å². The lowest BCUT2D eigenvalue weighted by atomic mass is 10.9. The van der Waals surface area contributed by atoms with Gasteiger partial charge >= 0.3 is 0 Å². The number of hydrogen-bond donors (Lipinski definition) is 0. The van der Waals surface area contributed by atoms with Crippen molar-refractivity contribution < 1.29 is 4.18 Å². The molecule has 0 aromatic rings. The quantitative estimate of drug-likeness (QED) is 0.359. The average molecular weight is 173 g/mol. The Balaban J connectivity index is 2.98. The third-order valence-corrected chi connectivity index (χ3v) is 2.29. The molecule has 0 aliphatic heterocycles. The highest BCUT2D eigenvalue weighted by Crippen LogP contribution is 2.00. The highest BCUT2D eigenvalue weighted by atomic mass is 33.5. The van der Waals surface area contributed by atoms with E-state index in [0.717, 1.165) is 0 Å². The summed E-state index contributed by atoms with van der Waals surface area (Å²) in [5, 5.41) is 0. The van der Waals surface area contributed by atoms with E-state index in [0.29, 0.717) is 6.61 Å². The Morgan fingerprint density at radius 3 is 2.43 bits per heavy atom. The Labute approximate surface area is 58.3 Å². The van der Waals surface area contributed by atoms with Gasteiger partial charge in [-0.05, 0) is 6.92 Å². The van der Waals surface area contributed by atoms with E-state index in [9.17, 15) is 0 Å². The molecule has 0 radical (unpaired) electrons. The zero-order valence-electron chi connectivity index (χ0n) is 3.75. The first kappa shape index (κ1) is 8.10. The molecule has 0 heterocycles. The van der Waals surface area contributed by atoms with E-state index in [2.05, 4.69) is 22.4 Å². The minimum absolute atomic E-state index is 0.454. The van der Waals surface area contributed by atoms with Crippen molar-refractivity contribution in [3.8, 4) is 0 Å². The van der Waals surface area contributed by atoms with E-state index in [4.69, 9.17) is 4.18 Å². The van der Waals surface area contributed by atoms with Gasteiger partial charge in [0.05, 0.1) is 6.61 Å². The third kappa shape index (κ3) is 7.10. The smallest absolute Gasteiger partial charge is 0.0562 e. The Morgan fingerprint density at radius 2 is 2.29 bits per heavy atom. The SMILES string of the molecule is CCOS[S-](=S)=S. The maximum Gasteiger partial charge on any atom is 0.0562 e. The topological polar surface area (TPSA) is 9.23 Å². The molecular weight excluding hydrogens is 168 g/mol. The van der Waals surface area contributed by atoms with Gasteiger partial charge in [0.1, 0.15) is 0 Å². The molecule has 7 heavy (non-hydrogen) atoms. The summed E-state index contributed by atoms with van der Waals surface area (Å²) in [6.45, 7) is 2.59. The molecule has 0 unspecified atom stereocenters. The molecule has 0 aliphatic carbocycles. The van der Waals surface area contributed by atoms with E-state index in [1.165, 1.54) is 11.1 Å². The number of rotatable bonds is 3. The molecule has 0 atom stereocenters. The molecule has 5 heteroatoms. The van der Waals surface area contributed by atoms with E-state index >= 15 is 0 Å². The molecule has 0 bridgehead atoms. The van der Waals surface area contributed by atoms with Crippen molar-refractivity contribution in [1.29, 1.82) is 0 Å². The monoisotopic (exact) mass is 173 g/mol. The highest BCUT2D eigenvalue weighted by Gasteiger charge is 1.65. The standard InChI is InChI=1S/C2H5OS4/c1-2-3-6-7(4)5/h2H2,1H3/q-1. The van der Waals surface area contributed by atoms with Gasteiger partial charge in [-0.2, -0.15) is 0 Å². The maximum absolute atomic E-state index is 4.82. The van der Waals surface area contributed by atoms with Crippen LogP contribution >= 0.6 is 11.1 Å². The van der Waals surface area contributed by atoms with Crippen LogP contribution in [0.15, 0.2) is 0 Å². The molecule has 1 nitrogen and oxygen atoms in total. The molecule has 0 aromatic heterocycles. The first-order valence-corrected chi connectivity index (χ1v) is 6.00. The van der Waals surface area contributed by atoms with Crippen LogP contribution in [0.5, 0.6) is 0 Å². The van der Waals surface area contributed by atoms with E-state index in [1.807, 2.05) is 6.92 Å². The van der Waals surface area contributed by atoms with Gasteiger partial charge in [0, 0.05) is 0 Å². The van der Waals surface area contributed by atoms with Crippen LogP contribution < -0.4 is 0 Å². The van der Waals surface area contributed by atoms with Gasteiger partial charge in [-0.1, -0.05) is 0 Å². The predicted molar refractivity (Wildman–Crippen MR) is 41.3 cm³/mol. The predicted octanol–water partition coefficient (Wildman–Crippen LogP) is 1.13. The lowest BCUT2D eigenvalue weighted by molar-refractivity contribution is 0.408. The zero-order chi connectivity index (χ0) is 5.70. The van der Waals surface area contributed by atoms with Crippen LogP contribution in [0.4, 0.5) is 0 Å². The van der Waals surface area contributed by atoms with Gasteiger partial charge in [-0.15, -0.1) is 11.1 Å². The fourth-order valence-corrected chi connectivity index (χ4v) is 1.49. The molecule has 0 spiro atoms. The van der Waals surface area contributed by atoms with Crippen molar-refractivity contribution >= 4 is 40.5 Å². The number of hydrogen-bond acceptors (Lipinski definition) is 5. The molecule has 0 saturated carbocycles. The van der Waals surface area contributed by atoms with E-state index in [-0.39, 0.29) is 0 Å². The van der Waals surface area contributed by atoms with Crippen LogP contribution in [0.1, 0.15) is 6.92 Å². The van der Waals surface area contributed by atoms with Crippen molar-refractivity contribution in [3.05, 3.63) is 0 Å². The summed E-state index contributed by atoms with van der Waals surface area (Å²) < 4.78 is 4.82. The van der Waals surface area contributed by atoms with Gasteiger partial charge in [0.2, 0.25) is 0 Å². The molecule has 0 N–H and O–H groups in total. The lowest BCUT2D eigenvalue weighted by Crippen LogP contribution is -1.73. The molecule has 44 valence electrons. The summed E-state index contributed by atoms with van der Waals surface area (Å²) in [4.78, 5) is 0. The van der Waals surface area contributed by atoms with Gasteiger partial charge in [-0.3, -0.25) is 7.05 Å². The summed E-state index contributed by atoms with van der Waals surface area (Å²) >= 11 is 10.4. The van der Waals surface area contributed by atoms with Crippen LogP contribution in [-0.4, -0.2) is 6.61 Å². The van der Waals surface area contributed by atoms with Crippen LogP contribution in [-0.2, 0) is 33.6 Å². The zero-order valence-corrected chi connectivity index (χ0v) is 7.01. The summed E-state index contributed by atoms with van der Waals surface area (Å²) in [5.41, 5.74) is 0. The summed E-state index contributed by atoms with van der Waals surface area (Å²) in [7, 11) is -0.454. The second-order valence-electron chi connectivity index (χ2n) is 0.679. The van der Waals surface area contributed by atoms with Gasteiger partial charge in [0.25, 0.3) is 0 Å². The van der Waals surface area contributed by atoms with Crippen molar-refractivity contribution in [2.24, 2.45) is 0 Å². The van der Waals surface area contributed by atoms with Crippen molar-refractivity contribution in [2.75, 3.05) is 6.61 Å². The molecule has 0 rings (SSSR count). The molecule has 0 aromatic carbocycles. The van der Waals surface area contributed by atoms with Crippen LogP contribution in [0.25, 0.3) is 0 Å². The summed E-state index contributed by atoms with van der Waals surface area (Å²) in [6.07, 6.45) is 0. The van der Waals surface area contributed by atoms with Crippen LogP contribution in [0, 0.1) is 0 Å². The molecule has 0 aliphatic rings. The van der Waals surface area contributed by atoms with Crippen molar-refractivity contribution in [1.82, 2.24) is 0 Å². The van der Waals surface area contributed by atoms with Gasteiger partial charge in [0.15, 0.2) is 0 Å². The average Bonchev–Trinajstić information content (AvgIpc) is 1.61. The molecule has 0 amide bonds. The van der Waals surface area contributed by atoms with Gasteiger partial charge < -0.3 is 4.18 Å². The lowest BCUT2D eigenvalue weighted by Gasteiger charge is -1.99. The molecular formula is C2H5OS4-. The summed E-state index contributed by atoms with van der Waals surface area (Å²) in [6, 6.07) is 0. The first-order valence-electron chi connectivity index (χ1n) is 1.66. The molecule has 0 fully saturated rings. The highest BCUT2D eigenvalue weighted by molar-refractivity contribution is 8.89. The Kier molecular flexibility index (Phi) is 6.06. The van der Waals surface area contributed by atoms with Crippen molar-refractivity contribution in [2.45, 2.75) is 6.92 Å². The largest absolute Gasteiger partial charge is 0.337 e. The minimum atomic E-state index is -0.454. The van der Waals surface area contributed by atoms with Gasteiger partial charge in [-0.25, -0.2) is 22.4 Å². The van der Waals surface area contributed by atoms with E-state index in [1.54, 1.807) is 0 Å². The fourth-order valence-electron chi connectivity index (χ4n) is 0.0874. The fraction of sp³-hybridized carbons (Fsp3) is 1.00. The summed E-state index contributed by atoms with van der Waals surface area (Å²) in [5.74, 6) is 0. The normalized spacial score (nSPS) is 10.0. The Morgan fingerprint density at radius 1 is 1.71 bits per heavy atom. The Bertz CT molecular complexity index is 87.9.